The van der Waals surface area contributed by atoms with E-state index in [0.717, 1.165) is 0 Å². The smallest absolute Gasteiger partial charge is 0.303 e. The van der Waals surface area contributed by atoms with Gasteiger partial charge in [-0.2, -0.15) is 0 Å². The molecule has 0 heterocycles. The standard InChI is InChI=1S/C16H22O2/c1-11-6-5-9-14(12(11)2)15(10-16(17)18)13-7-3-4-8-13/h5-6,9,13,15H,3-4,7-8,10H2,1-2H3,(H,17,18). The molecule has 2 rings (SSSR count). The SMILES string of the molecule is Cc1cccc(C(CC(=O)O)C2CCCC2)c1C. The van der Waals surface area contributed by atoms with Gasteiger partial charge in [0, 0.05) is 0 Å². The van der Waals surface area contributed by atoms with Crippen LogP contribution in [0.5, 0.6) is 0 Å². The second-order valence-corrected chi connectivity index (χ2v) is 5.54. The Morgan fingerprint density at radius 2 is 2.00 bits per heavy atom. The zero-order chi connectivity index (χ0) is 13.1. The Morgan fingerprint density at radius 1 is 1.33 bits per heavy atom. The Kier molecular flexibility index (Phi) is 4.05. The van der Waals surface area contributed by atoms with Crippen molar-refractivity contribution in [3.05, 3.63) is 34.9 Å². The summed E-state index contributed by atoms with van der Waals surface area (Å²) in [5.41, 5.74) is 3.79. The van der Waals surface area contributed by atoms with Crippen LogP contribution in [0.25, 0.3) is 0 Å². The van der Waals surface area contributed by atoms with Crippen LogP contribution in [0.15, 0.2) is 18.2 Å². The van der Waals surface area contributed by atoms with Crippen LogP contribution in [0.4, 0.5) is 0 Å². The van der Waals surface area contributed by atoms with Gasteiger partial charge >= 0.3 is 5.97 Å². The molecule has 1 aromatic rings. The quantitative estimate of drug-likeness (QED) is 0.870. The summed E-state index contributed by atoms with van der Waals surface area (Å²) in [5.74, 6) is 0.0827. The van der Waals surface area contributed by atoms with E-state index in [1.54, 1.807) is 0 Å². The number of benzene rings is 1. The molecule has 1 aliphatic rings. The lowest BCUT2D eigenvalue weighted by atomic mass is 9.80. The van der Waals surface area contributed by atoms with Crippen molar-refractivity contribution in [3.8, 4) is 0 Å². The van der Waals surface area contributed by atoms with E-state index < -0.39 is 5.97 Å². The van der Waals surface area contributed by atoms with Gasteiger partial charge in [0.15, 0.2) is 0 Å². The lowest BCUT2D eigenvalue weighted by Crippen LogP contribution is -2.16. The highest BCUT2D eigenvalue weighted by Crippen LogP contribution is 2.40. The van der Waals surface area contributed by atoms with Gasteiger partial charge in [0.05, 0.1) is 6.42 Å². The molecule has 0 saturated heterocycles. The molecule has 0 aliphatic heterocycles. The summed E-state index contributed by atoms with van der Waals surface area (Å²) in [6.07, 6.45) is 5.16. The third kappa shape index (κ3) is 2.74. The second-order valence-electron chi connectivity index (χ2n) is 5.54. The first-order valence-electron chi connectivity index (χ1n) is 6.87. The average Bonchev–Trinajstić information content (AvgIpc) is 2.83. The van der Waals surface area contributed by atoms with E-state index in [-0.39, 0.29) is 12.3 Å². The summed E-state index contributed by atoms with van der Waals surface area (Å²) in [6, 6.07) is 6.28. The zero-order valence-electron chi connectivity index (χ0n) is 11.3. The van der Waals surface area contributed by atoms with Crippen molar-refractivity contribution >= 4 is 5.97 Å². The Hall–Kier alpha value is -1.31. The van der Waals surface area contributed by atoms with Crippen LogP contribution in [-0.4, -0.2) is 11.1 Å². The van der Waals surface area contributed by atoms with E-state index in [4.69, 9.17) is 5.11 Å². The normalized spacial score (nSPS) is 17.9. The number of carboxylic acids is 1. The maximum Gasteiger partial charge on any atom is 0.303 e. The first kappa shape index (κ1) is 13.1. The molecule has 18 heavy (non-hydrogen) atoms. The van der Waals surface area contributed by atoms with Gasteiger partial charge in [0.2, 0.25) is 0 Å². The van der Waals surface area contributed by atoms with Gasteiger partial charge < -0.3 is 5.11 Å². The topological polar surface area (TPSA) is 37.3 Å². The molecule has 0 aromatic heterocycles. The van der Waals surface area contributed by atoms with Crippen molar-refractivity contribution in [2.45, 2.75) is 51.9 Å². The molecular formula is C16H22O2. The number of hydrogen-bond acceptors (Lipinski definition) is 1. The van der Waals surface area contributed by atoms with Crippen LogP contribution < -0.4 is 0 Å². The van der Waals surface area contributed by atoms with Gasteiger partial charge in [-0.1, -0.05) is 31.0 Å². The van der Waals surface area contributed by atoms with Gasteiger partial charge in [-0.05, 0) is 55.2 Å². The summed E-state index contributed by atoms with van der Waals surface area (Å²) in [7, 11) is 0. The van der Waals surface area contributed by atoms with Crippen LogP contribution in [0.2, 0.25) is 0 Å². The second kappa shape index (κ2) is 5.55. The molecular weight excluding hydrogens is 224 g/mol. The third-order valence-electron chi connectivity index (χ3n) is 4.41. The number of aryl methyl sites for hydroxylation is 1. The lowest BCUT2D eigenvalue weighted by molar-refractivity contribution is -0.137. The van der Waals surface area contributed by atoms with Gasteiger partial charge in [0.25, 0.3) is 0 Å². The minimum atomic E-state index is -0.673. The van der Waals surface area contributed by atoms with Gasteiger partial charge in [-0.3, -0.25) is 4.79 Å². The Bertz CT molecular complexity index is 431. The largest absolute Gasteiger partial charge is 0.481 e. The Balaban J connectivity index is 2.32. The van der Waals surface area contributed by atoms with Crippen molar-refractivity contribution in [3.63, 3.8) is 0 Å². The Morgan fingerprint density at radius 3 is 2.61 bits per heavy atom. The highest BCUT2D eigenvalue weighted by molar-refractivity contribution is 5.68. The van der Waals surface area contributed by atoms with Crippen molar-refractivity contribution in [1.29, 1.82) is 0 Å². The number of aliphatic carboxylic acids is 1. The molecule has 1 fully saturated rings. The monoisotopic (exact) mass is 246 g/mol. The van der Waals surface area contributed by atoms with E-state index >= 15 is 0 Å². The fourth-order valence-electron chi connectivity index (χ4n) is 3.25. The summed E-state index contributed by atoms with van der Waals surface area (Å²) in [5, 5.41) is 9.17. The molecule has 1 saturated carbocycles. The molecule has 1 aliphatic carbocycles. The molecule has 2 heteroatoms. The van der Waals surface area contributed by atoms with Crippen molar-refractivity contribution in [2.24, 2.45) is 5.92 Å². The molecule has 0 radical (unpaired) electrons. The predicted octanol–water partition coefficient (Wildman–Crippen LogP) is 4.05. The molecule has 0 spiro atoms. The van der Waals surface area contributed by atoms with Crippen LogP contribution in [0.3, 0.4) is 0 Å². The minimum Gasteiger partial charge on any atom is -0.481 e. The van der Waals surface area contributed by atoms with E-state index in [1.807, 2.05) is 0 Å². The molecule has 1 unspecified atom stereocenters. The van der Waals surface area contributed by atoms with Crippen molar-refractivity contribution in [2.75, 3.05) is 0 Å². The molecule has 1 N–H and O–H groups in total. The summed E-state index contributed by atoms with van der Waals surface area (Å²) in [6.45, 7) is 4.22. The maximum absolute atomic E-state index is 11.1. The molecule has 1 atom stereocenters. The van der Waals surface area contributed by atoms with E-state index in [0.29, 0.717) is 5.92 Å². The summed E-state index contributed by atoms with van der Waals surface area (Å²) >= 11 is 0. The zero-order valence-corrected chi connectivity index (χ0v) is 11.3. The van der Waals surface area contributed by atoms with Crippen molar-refractivity contribution in [1.82, 2.24) is 0 Å². The first-order chi connectivity index (χ1) is 8.59. The molecule has 2 nitrogen and oxygen atoms in total. The number of hydrogen-bond donors (Lipinski definition) is 1. The van der Waals surface area contributed by atoms with Gasteiger partial charge in [0.1, 0.15) is 0 Å². The number of carbonyl (C=O) groups is 1. The third-order valence-corrected chi connectivity index (χ3v) is 4.41. The molecule has 0 amide bonds. The fraction of sp³-hybridized carbons (Fsp3) is 0.562. The van der Waals surface area contributed by atoms with E-state index in [1.165, 1.54) is 42.4 Å². The Labute approximate surface area is 109 Å². The highest BCUT2D eigenvalue weighted by Gasteiger charge is 2.29. The van der Waals surface area contributed by atoms with Crippen molar-refractivity contribution < 1.29 is 9.90 Å². The molecule has 98 valence electrons. The van der Waals surface area contributed by atoms with Crippen LogP contribution >= 0.6 is 0 Å². The first-order valence-corrected chi connectivity index (χ1v) is 6.87. The molecule has 0 bridgehead atoms. The average molecular weight is 246 g/mol. The van der Waals surface area contributed by atoms with Crippen LogP contribution in [0, 0.1) is 19.8 Å². The van der Waals surface area contributed by atoms with E-state index in [2.05, 4.69) is 32.0 Å². The highest BCUT2D eigenvalue weighted by atomic mass is 16.4. The van der Waals surface area contributed by atoms with Crippen LogP contribution in [-0.2, 0) is 4.79 Å². The van der Waals surface area contributed by atoms with Gasteiger partial charge in [-0.25, -0.2) is 0 Å². The van der Waals surface area contributed by atoms with Gasteiger partial charge in [-0.15, -0.1) is 0 Å². The lowest BCUT2D eigenvalue weighted by Gasteiger charge is -2.24. The maximum atomic E-state index is 11.1. The summed E-state index contributed by atoms with van der Waals surface area (Å²) in [4.78, 5) is 11.1. The predicted molar refractivity (Wildman–Crippen MR) is 72.9 cm³/mol. The van der Waals surface area contributed by atoms with E-state index in [9.17, 15) is 4.79 Å². The number of rotatable bonds is 4. The summed E-state index contributed by atoms with van der Waals surface area (Å²) < 4.78 is 0. The fourth-order valence-corrected chi connectivity index (χ4v) is 3.25. The van der Waals surface area contributed by atoms with Crippen LogP contribution in [0.1, 0.15) is 54.7 Å². The molecule has 1 aromatic carbocycles. The minimum absolute atomic E-state index is 0.199. The number of carboxylic acid groups (broad SMARTS) is 1.